The lowest BCUT2D eigenvalue weighted by atomic mass is 9.95. The van der Waals surface area contributed by atoms with Gasteiger partial charge in [-0.05, 0) is 51.9 Å². The van der Waals surface area contributed by atoms with Gasteiger partial charge >= 0.3 is 0 Å². The molecule has 0 spiro atoms. The van der Waals surface area contributed by atoms with Gasteiger partial charge in [-0.3, -0.25) is 0 Å². The molecule has 0 saturated heterocycles. The number of hydrogen-bond acceptors (Lipinski definition) is 4. The first-order chi connectivity index (χ1) is 12.4. The van der Waals surface area contributed by atoms with E-state index < -0.39 is 10.0 Å². The zero-order valence-corrected chi connectivity index (χ0v) is 16.5. The van der Waals surface area contributed by atoms with Gasteiger partial charge in [0, 0.05) is 29.5 Å². The lowest BCUT2D eigenvalue weighted by Gasteiger charge is -2.25. The molecule has 1 saturated carbocycles. The molecule has 0 amide bonds. The van der Waals surface area contributed by atoms with Gasteiger partial charge in [-0.25, -0.2) is 18.1 Å². The molecule has 1 aromatic heterocycles. The van der Waals surface area contributed by atoms with E-state index >= 15 is 0 Å². The molecule has 6 nitrogen and oxygen atoms in total. The third kappa shape index (κ3) is 4.10. The van der Waals surface area contributed by atoms with Gasteiger partial charge in [0.1, 0.15) is 0 Å². The largest absolute Gasteiger partial charge is 0.382 e. The predicted octanol–water partition coefficient (Wildman–Crippen LogP) is 3.78. The molecule has 0 aliphatic heterocycles. The molecule has 1 aromatic carbocycles. The van der Waals surface area contributed by atoms with Crippen LogP contribution in [0.15, 0.2) is 35.6 Å². The van der Waals surface area contributed by atoms with Gasteiger partial charge in [0.2, 0.25) is 10.0 Å². The third-order valence-electron chi connectivity index (χ3n) is 5.01. The Bertz CT molecular complexity index is 852. The molecule has 1 heterocycles. The van der Waals surface area contributed by atoms with Crippen LogP contribution in [0, 0.1) is 0 Å². The van der Waals surface area contributed by atoms with Crippen LogP contribution in [0.25, 0.3) is 11.3 Å². The van der Waals surface area contributed by atoms with Crippen LogP contribution in [0.2, 0.25) is 0 Å². The Morgan fingerprint density at radius 2 is 1.92 bits per heavy atom. The van der Waals surface area contributed by atoms with Crippen molar-refractivity contribution in [2.24, 2.45) is 0 Å². The number of rotatable bonds is 6. The highest BCUT2D eigenvalue weighted by molar-refractivity contribution is 7.89. The van der Waals surface area contributed by atoms with Crippen LogP contribution >= 0.6 is 0 Å². The topological polar surface area (TPSA) is 76.0 Å². The number of hydrogen-bond donors (Lipinski definition) is 2. The summed E-state index contributed by atoms with van der Waals surface area (Å²) in [7, 11) is -2.07. The van der Waals surface area contributed by atoms with Crippen LogP contribution in [0.5, 0.6) is 0 Å². The van der Waals surface area contributed by atoms with E-state index in [4.69, 9.17) is 0 Å². The van der Waals surface area contributed by atoms with Crippen molar-refractivity contribution in [2.75, 3.05) is 12.4 Å². The van der Waals surface area contributed by atoms with E-state index in [9.17, 15) is 8.42 Å². The van der Waals surface area contributed by atoms with Crippen LogP contribution in [0.1, 0.15) is 52.0 Å². The van der Waals surface area contributed by atoms with Crippen molar-refractivity contribution in [3.63, 3.8) is 0 Å². The van der Waals surface area contributed by atoms with Crippen LogP contribution in [-0.4, -0.2) is 31.1 Å². The number of benzene rings is 1. The summed E-state index contributed by atoms with van der Waals surface area (Å²) in [5, 5.41) is 3.62. The Balaban J connectivity index is 2.01. The zero-order valence-electron chi connectivity index (χ0n) is 15.7. The molecule has 1 fully saturated rings. The van der Waals surface area contributed by atoms with Crippen molar-refractivity contribution in [1.82, 2.24) is 14.3 Å². The number of nitrogens with one attached hydrogen (secondary N) is 2. The molecule has 2 N–H and O–H groups in total. The summed E-state index contributed by atoms with van der Waals surface area (Å²) in [6.45, 7) is 4.18. The smallest absolute Gasteiger partial charge is 0.240 e. The fraction of sp³-hybridized carbons (Fsp3) is 0.526. The second-order valence-corrected chi connectivity index (χ2v) is 9.08. The Morgan fingerprint density at radius 1 is 1.19 bits per heavy atom. The zero-order chi connectivity index (χ0) is 18.7. The Hall–Kier alpha value is -1.86. The van der Waals surface area contributed by atoms with Gasteiger partial charge in [-0.2, -0.15) is 0 Å². The lowest BCUT2D eigenvalue weighted by Crippen LogP contribution is -2.23. The maximum absolute atomic E-state index is 12.2. The second-order valence-electron chi connectivity index (χ2n) is 7.19. The molecular formula is C19H28N4O2S. The molecule has 142 valence electrons. The van der Waals surface area contributed by atoms with E-state index in [0.29, 0.717) is 12.1 Å². The highest BCUT2D eigenvalue weighted by Crippen LogP contribution is 2.32. The van der Waals surface area contributed by atoms with E-state index in [0.717, 1.165) is 29.8 Å². The van der Waals surface area contributed by atoms with Crippen LogP contribution in [0.4, 0.5) is 5.69 Å². The van der Waals surface area contributed by atoms with Gasteiger partial charge in [0.05, 0.1) is 16.9 Å². The molecule has 0 radical (unpaired) electrons. The predicted molar refractivity (Wildman–Crippen MR) is 105 cm³/mol. The molecule has 0 bridgehead atoms. The first-order valence-corrected chi connectivity index (χ1v) is 10.8. The summed E-state index contributed by atoms with van der Waals surface area (Å²) in [5.74, 6) is 0. The second kappa shape index (κ2) is 7.80. The summed E-state index contributed by atoms with van der Waals surface area (Å²) >= 11 is 0. The molecule has 26 heavy (non-hydrogen) atoms. The van der Waals surface area contributed by atoms with Gasteiger partial charge in [0.15, 0.2) is 0 Å². The average molecular weight is 377 g/mol. The van der Waals surface area contributed by atoms with E-state index in [1.807, 2.05) is 16.8 Å². The standard InChI is InChI=1S/C19H28N4O2S/c1-14(2)23-12-19(21-13-23)17-11-16(26(24,25)20-3)9-10-18(17)22-15-7-5-4-6-8-15/h9-15,20,22H,4-8H2,1-3H3. The molecule has 1 aliphatic rings. The van der Waals surface area contributed by atoms with Crippen molar-refractivity contribution in [3.8, 4) is 11.3 Å². The first kappa shape index (κ1) is 18.9. The Labute approximate surface area is 156 Å². The minimum Gasteiger partial charge on any atom is -0.382 e. The molecule has 3 rings (SSSR count). The number of anilines is 1. The number of nitrogens with zero attached hydrogens (tertiary/aromatic N) is 2. The number of sulfonamides is 1. The van der Waals surface area contributed by atoms with Crippen LogP contribution in [0.3, 0.4) is 0 Å². The quantitative estimate of drug-likeness (QED) is 0.804. The van der Waals surface area contributed by atoms with Crippen molar-refractivity contribution < 1.29 is 8.42 Å². The Kier molecular flexibility index (Phi) is 5.67. The monoisotopic (exact) mass is 376 g/mol. The van der Waals surface area contributed by atoms with E-state index in [-0.39, 0.29) is 4.90 Å². The van der Waals surface area contributed by atoms with Crippen molar-refractivity contribution in [2.45, 2.75) is 62.9 Å². The number of aromatic nitrogens is 2. The highest BCUT2D eigenvalue weighted by Gasteiger charge is 2.19. The van der Waals surface area contributed by atoms with E-state index in [1.54, 1.807) is 18.5 Å². The van der Waals surface area contributed by atoms with Crippen LogP contribution in [-0.2, 0) is 10.0 Å². The van der Waals surface area contributed by atoms with Gasteiger partial charge < -0.3 is 9.88 Å². The summed E-state index contributed by atoms with van der Waals surface area (Å²) in [4.78, 5) is 4.77. The summed E-state index contributed by atoms with van der Waals surface area (Å²) in [6.07, 6.45) is 9.84. The van der Waals surface area contributed by atoms with Crippen LogP contribution < -0.4 is 10.0 Å². The fourth-order valence-corrected chi connectivity index (χ4v) is 4.13. The number of imidazole rings is 1. The van der Waals surface area contributed by atoms with E-state index in [1.165, 1.54) is 26.3 Å². The molecule has 0 atom stereocenters. The maximum Gasteiger partial charge on any atom is 0.240 e. The summed E-state index contributed by atoms with van der Waals surface area (Å²) in [6, 6.07) is 5.96. The summed E-state index contributed by atoms with van der Waals surface area (Å²) in [5.41, 5.74) is 2.55. The third-order valence-corrected chi connectivity index (χ3v) is 6.42. The lowest BCUT2D eigenvalue weighted by molar-refractivity contribution is 0.463. The maximum atomic E-state index is 12.2. The van der Waals surface area contributed by atoms with Crippen molar-refractivity contribution in [3.05, 3.63) is 30.7 Å². The van der Waals surface area contributed by atoms with Crippen molar-refractivity contribution in [1.29, 1.82) is 0 Å². The molecule has 0 unspecified atom stereocenters. The molecule has 1 aliphatic carbocycles. The molecule has 2 aromatic rings. The molecule has 7 heteroatoms. The fourth-order valence-electron chi connectivity index (χ4n) is 3.37. The van der Waals surface area contributed by atoms with Gasteiger partial charge in [-0.15, -0.1) is 0 Å². The average Bonchev–Trinajstić information content (AvgIpc) is 3.13. The minimum atomic E-state index is -3.50. The van der Waals surface area contributed by atoms with E-state index in [2.05, 4.69) is 28.9 Å². The van der Waals surface area contributed by atoms with Gasteiger partial charge in [-0.1, -0.05) is 19.3 Å². The van der Waals surface area contributed by atoms with Gasteiger partial charge in [0.25, 0.3) is 0 Å². The van der Waals surface area contributed by atoms with Crippen molar-refractivity contribution >= 4 is 15.7 Å². The first-order valence-electron chi connectivity index (χ1n) is 9.28. The molecular weight excluding hydrogens is 348 g/mol. The summed E-state index contributed by atoms with van der Waals surface area (Å²) < 4.78 is 28.9. The Morgan fingerprint density at radius 3 is 2.54 bits per heavy atom. The highest BCUT2D eigenvalue weighted by atomic mass is 32.2. The normalized spacial score (nSPS) is 16.2. The SMILES string of the molecule is CNS(=O)(=O)c1ccc(NC2CCCCC2)c(-c2cn(C(C)C)cn2)c1. The minimum absolute atomic E-state index is 0.253.